The van der Waals surface area contributed by atoms with Crippen LogP contribution in [-0.2, 0) is 0 Å². The highest BCUT2D eigenvalue weighted by Crippen LogP contribution is 2.28. The first kappa shape index (κ1) is 11.5. The number of nitrogen functional groups attached to an aromatic ring is 1. The zero-order valence-corrected chi connectivity index (χ0v) is 10.6. The zero-order valence-electron chi connectivity index (χ0n) is 7.42. The molecule has 4 N–H and O–H groups in total. The van der Waals surface area contributed by atoms with Crippen LogP contribution in [0.3, 0.4) is 0 Å². The summed E-state index contributed by atoms with van der Waals surface area (Å²) in [5.74, 6) is 5.01. The molecule has 4 nitrogen and oxygen atoms in total. The van der Waals surface area contributed by atoms with Gasteiger partial charge in [-0.3, -0.25) is 9.80 Å². The molecule has 0 bridgehead atoms. The number of carbonyl (C=O) groups is 1. The largest absolute Gasteiger partial charge is 0.397 e. The van der Waals surface area contributed by atoms with Crippen LogP contribution >= 0.6 is 31.9 Å². The number of hydrogen-bond donors (Lipinski definition) is 2. The molecule has 0 spiro atoms. The van der Waals surface area contributed by atoms with Crippen LogP contribution in [0.4, 0.5) is 5.69 Å². The van der Waals surface area contributed by atoms with Gasteiger partial charge in [-0.15, -0.1) is 0 Å². The summed E-state index contributed by atoms with van der Waals surface area (Å²) in [6.45, 7) is 0. The second-order valence-corrected chi connectivity index (χ2v) is 4.53. The van der Waals surface area contributed by atoms with E-state index in [4.69, 9.17) is 11.6 Å². The van der Waals surface area contributed by atoms with E-state index in [-0.39, 0.29) is 5.91 Å². The van der Waals surface area contributed by atoms with E-state index in [1.165, 1.54) is 7.05 Å². The lowest BCUT2D eigenvalue weighted by Crippen LogP contribution is -2.33. The summed E-state index contributed by atoms with van der Waals surface area (Å²) in [7, 11) is 1.47. The Morgan fingerprint density at radius 2 is 2.00 bits per heavy atom. The minimum Gasteiger partial charge on any atom is -0.397 e. The highest BCUT2D eigenvalue weighted by molar-refractivity contribution is 9.11. The Hall–Kier alpha value is -0.590. The van der Waals surface area contributed by atoms with E-state index in [0.717, 1.165) is 9.48 Å². The van der Waals surface area contributed by atoms with Crippen molar-refractivity contribution in [3.05, 3.63) is 26.6 Å². The summed E-state index contributed by atoms with van der Waals surface area (Å²) in [5, 5.41) is 0.991. The van der Waals surface area contributed by atoms with Gasteiger partial charge in [-0.2, -0.15) is 0 Å². The molecule has 0 heterocycles. The van der Waals surface area contributed by atoms with Crippen LogP contribution in [-0.4, -0.2) is 18.0 Å². The van der Waals surface area contributed by atoms with Crippen molar-refractivity contribution in [2.24, 2.45) is 5.84 Å². The predicted octanol–water partition coefficient (Wildman–Crippen LogP) is 1.74. The molecule has 1 amide bonds. The smallest absolute Gasteiger partial charge is 0.269 e. The Morgan fingerprint density at radius 3 is 2.50 bits per heavy atom. The van der Waals surface area contributed by atoms with Crippen LogP contribution in [0.1, 0.15) is 10.4 Å². The molecule has 0 saturated carbocycles. The maximum atomic E-state index is 11.5. The number of rotatable bonds is 1. The van der Waals surface area contributed by atoms with Crippen molar-refractivity contribution in [1.29, 1.82) is 0 Å². The molecule has 1 rings (SSSR count). The van der Waals surface area contributed by atoms with Crippen LogP contribution in [0.5, 0.6) is 0 Å². The number of nitrogens with zero attached hydrogens (tertiary/aromatic N) is 1. The summed E-state index contributed by atoms with van der Waals surface area (Å²) < 4.78 is 1.43. The first-order valence-electron chi connectivity index (χ1n) is 3.70. The SMILES string of the molecule is CN(N)C(=O)c1cc(Br)cc(Br)c1N. The van der Waals surface area contributed by atoms with Crippen LogP contribution < -0.4 is 11.6 Å². The Labute approximate surface area is 98.5 Å². The van der Waals surface area contributed by atoms with Crippen molar-refractivity contribution in [2.75, 3.05) is 12.8 Å². The molecule has 0 saturated heterocycles. The van der Waals surface area contributed by atoms with E-state index < -0.39 is 0 Å². The third-order valence-corrected chi connectivity index (χ3v) is 2.76. The van der Waals surface area contributed by atoms with Gasteiger partial charge >= 0.3 is 0 Å². The summed E-state index contributed by atoms with van der Waals surface area (Å²) in [6, 6.07) is 3.40. The van der Waals surface area contributed by atoms with Crippen LogP contribution in [0.2, 0.25) is 0 Å². The van der Waals surface area contributed by atoms with Crippen molar-refractivity contribution in [2.45, 2.75) is 0 Å². The molecule has 0 aliphatic rings. The molecule has 0 aliphatic heterocycles. The minimum absolute atomic E-state index is 0.329. The van der Waals surface area contributed by atoms with Crippen molar-refractivity contribution in [3.8, 4) is 0 Å². The monoisotopic (exact) mass is 321 g/mol. The van der Waals surface area contributed by atoms with E-state index in [9.17, 15) is 4.79 Å². The number of nitrogens with two attached hydrogens (primary N) is 2. The van der Waals surface area contributed by atoms with Gasteiger partial charge in [-0.25, -0.2) is 5.84 Å². The third kappa shape index (κ3) is 2.26. The quantitative estimate of drug-likeness (QED) is 0.358. The number of hydrogen-bond acceptors (Lipinski definition) is 3. The number of carbonyl (C=O) groups excluding carboxylic acids is 1. The van der Waals surface area contributed by atoms with Crippen molar-refractivity contribution < 1.29 is 4.79 Å². The van der Waals surface area contributed by atoms with Gasteiger partial charge in [-0.1, -0.05) is 15.9 Å². The van der Waals surface area contributed by atoms with Gasteiger partial charge in [0.2, 0.25) is 0 Å². The van der Waals surface area contributed by atoms with E-state index in [1.54, 1.807) is 12.1 Å². The highest BCUT2D eigenvalue weighted by atomic mass is 79.9. The lowest BCUT2D eigenvalue weighted by atomic mass is 10.1. The molecule has 0 aromatic heterocycles. The van der Waals surface area contributed by atoms with Crippen molar-refractivity contribution in [3.63, 3.8) is 0 Å². The number of halogens is 2. The van der Waals surface area contributed by atoms with Gasteiger partial charge in [0.25, 0.3) is 5.91 Å². The minimum atomic E-state index is -0.329. The molecule has 76 valence electrons. The second kappa shape index (κ2) is 4.29. The summed E-state index contributed by atoms with van der Waals surface area (Å²) in [5.41, 5.74) is 6.48. The van der Waals surface area contributed by atoms with Crippen LogP contribution in [0.25, 0.3) is 0 Å². The van der Waals surface area contributed by atoms with Crippen LogP contribution in [0.15, 0.2) is 21.1 Å². The maximum Gasteiger partial charge on any atom is 0.269 e. The van der Waals surface area contributed by atoms with Gasteiger partial charge in [0.1, 0.15) is 0 Å². The molecule has 0 atom stereocenters. The molecule has 1 aromatic carbocycles. The fraction of sp³-hybridized carbons (Fsp3) is 0.125. The van der Waals surface area contributed by atoms with Crippen molar-refractivity contribution in [1.82, 2.24) is 5.01 Å². The topological polar surface area (TPSA) is 72.3 Å². The van der Waals surface area contributed by atoms with Gasteiger partial charge in [0, 0.05) is 16.0 Å². The average Bonchev–Trinajstić information content (AvgIpc) is 2.09. The second-order valence-electron chi connectivity index (χ2n) is 2.76. The molecule has 14 heavy (non-hydrogen) atoms. The molecular weight excluding hydrogens is 314 g/mol. The summed E-state index contributed by atoms with van der Waals surface area (Å²) in [4.78, 5) is 11.5. The zero-order chi connectivity index (χ0) is 10.9. The molecule has 1 aromatic rings. The molecule has 0 fully saturated rings. The average molecular weight is 323 g/mol. The van der Waals surface area contributed by atoms with Crippen molar-refractivity contribution >= 4 is 43.5 Å². The summed E-state index contributed by atoms with van der Waals surface area (Å²) in [6.07, 6.45) is 0. The molecule has 0 unspecified atom stereocenters. The lowest BCUT2D eigenvalue weighted by molar-refractivity contribution is 0.0796. The summed E-state index contributed by atoms with van der Waals surface area (Å²) >= 11 is 6.52. The standard InChI is InChI=1S/C8H9Br2N3O/c1-13(12)8(14)5-2-4(9)3-6(10)7(5)11/h2-3H,11-12H2,1H3. The molecule has 6 heteroatoms. The first-order valence-corrected chi connectivity index (χ1v) is 5.29. The van der Waals surface area contributed by atoms with E-state index in [0.29, 0.717) is 15.7 Å². The van der Waals surface area contributed by atoms with Gasteiger partial charge < -0.3 is 5.73 Å². The predicted molar refractivity (Wildman–Crippen MR) is 62.5 cm³/mol. The fourth-order valence-corrected chi connectivity index (χ4v) is 2.18. The van der Waals surface area contributed by atoms with Gasteiger partial charge in [0.15, 0.2) is 0 Å². The Morgan fingerprint density at radius 1 is 1.43 bits per heavy atom. The third-order valence-electron chi connectivity index (χ3n) is 1.65. The van der Waals surface area contributed by atoms with E-state index in [2.05, 4.69) is 31.9 Å². The Kier molecular flexibility index (Phi) is 3.52. The highest BCUT2D eigenvalue weighted by Gasteiger charge is 2.14. The first-order chi connectivity index (χ1) is 6.43. The number of amides is 1. The van der Waals surface area contributed by atoms with Crippen LogP contribution in [0, 0.1) is 0 Å². The van der Waals surface area contributed by atoms with E-state index in [1.807, 2.05) is 0 Å². The molecular formula is C8H9Br2N3O. The number of hydrazine groups is 1. The van der Waals surface area contributed by atoms with E-state index >= 15 is 0 Å². The van der Waals surface area contributed by atoms with Gasteiger partial charge in [-0.05, 0) is 28.1 Å². The fourth-order valence-electron chi connectivity index (χ4n) is 0.952. The normalized spacial score (nSPS) is 10.0. The molecule has 0 aliphatic carbocycles. The lowest BCUT2D eigenvalue weighted by Gasteiger charge is -2.12. The maximum absolute atomic E-state index is 11.5. The van der Waals surface area contributed by atoms with Gasteiger partial charge in [0.05, 0.1) is 11.3 Å². The molecule has 0 radical (unpaired) electrons. The Balaban J connectivity index is 3.27. The number of benzene rings is 1. The number of anilines is 1. The Bertz CT molecular complexity index is 379.